The summed E-state index contributed by atoms with van der Waals surface area (Å²) in [6, 6.07) is 8.90. The van der Waals surface area contributed by atoms with Crippen molar-refractivity contribution in [2.75, 3.05) is 19.5 Å². The quantitative estimate of drug-likeness (QED) is 0.523. The maximum absolute atomic E-state index is 12.7. The van der Waals surface area contributed by atoms with E-state index < -0.39 is 23.6 Å². The average Bonchev–Trinajstić information content (AvgIpc) is 2.70. The number of amides is 2. The van der Waals surface area contributed by atoms with Crippen molar-refractivity contribution in [2.24, 2.45) is 5.10 Å². The van der Waals surface area contributed by atoms with Crippen molar-refractivity contribution in [3.8, 4) is 11.5 Å². The Kier molecular flexibility index (Phi) is 7.40. The number of carbonyl (C=O) groups is 2. The van der Waals surface area contributed by atoms with Crippen LogP contribution in [0, 0.1) is 0 Å². The molecule has 0 aliphatic carbocycles. The number of alkyl halides is 3. The molecule has 2 amide bonds. The Bertz CT molecular complexity index is 959. The summed E-state index contributed by atoms with van der Waals surface area (Å²) in [6.45, 7) is 1.50. The fourth-order valence-electron chi connectivity index (χ4n) is 2.44. The Morgan fingerprint density at radius 3 is 2.43 bits per heavy atom. The summed E-state index contributed by atoms with van der Waals surface area (Å²) in [7, 11) is 2.88. The number of methoxy groups -OCH3 is 2. The van der Waals surface area contributed by atoms with E-state index in [4.69, 9.17) is 9.47 Å². The molecular formula is C20H20F3N3O4. The van der Waals surface area contributed by atoms with Crippen LogP contribution < -0.4 is 20.2 Å². The molecule has 7 nitrogen and oxygen atoms in total. The van der Waals surface area contributed by atoms with Gasteiger partial charge in [0.05, 0.1) is 31.8 Å². The van der Waals surface area contributed by atoms with Crippen molar-refractivity contribution in [2.45, 2.75) is 19.5 Å². The summed E-state index contributed by atoms with van der Waals surface area (Å²) >= 11 is 0. The molecule has 2 aromatic rings. The average molecular weight is 423 g/mol. The van der Waals surface area contributed by atoms with Crippen molar-refractivity contribution in [3.63, 3.8) is 0 Å². The fourth-order valence-corrected chi connectivity index (χ4v) is 2.44. The number of hydrazone groups is 1. The van der Waals surface area contributed by atoms with E-state index in [1.807, 2.05) is 0 Å². The van der Waals surface area contributed by atoms with Gasteiger partial charge in [-0.2, -0.15) is 18.3 Å². The largest absolute Gasteiger partial charge is 0.497 e. The van der Waals surface area contributed by atoms with Gasteiger partial charge in [0.25, 0.3) is 5.91 Å². The highest BCUT2D eigenvalue weighted by molar-refractivity contribution is 6.06. The molecule has 0 saturated carbocycles. The van der Waals surface area contributed by atoms with Crippen LogP contribution in [0.4, 0.5) is 18.9 Å². The molecule has 0 unspecified atom stereocenters. The molecule has 0 aromatic heterocycles. The summed E-state index contributed by atoms with van der Waals surface area (Å²) < 4.78 is 48.4. The summed E-state index contributed by atoms with van der Waals surface area (Å²) in [5.41, 5.74) is 1.91. The van der Waals surface area contributed by atoms with Crippen molar-refractivity contribution in [1.29, 1.82) is 0 Å². The van der Waals surface area contributed by atoms with Gasteiger partial charge in [-0.05, 0) is 37.3 Å². The molecule has 0 bridgehead atoms. The molecule has 0 radical (unpaired) electrons. The number of ether oxygens (including phenoxy) is 2. The van der Waals surface area contributed by atoms with E-state index >= 15 is 0 Å². The molecule has 0 aliphatic heterocycles. The van der Waals surface area contributed by atoms with Crippen LogP contribution in [0.1, 0.15) is 29.3 Å². The molecule has 0 saturated heterocycles. The first kappa shape index (κ1) is 22.7. The predicted octanol–water partition coefficient (Wildman–Crippen LogP) is 3.86. The summed E-state index contributed by atoms with van der Waals surface area (Å²) in [4.78, 5) is 24.3. The number of nitrogens with one attached hydrogen (secondary N) is 2. The Morgan fingerprint density at radius 2 is 1.80 bits per heavy atom. The van der Waals surface area contributed by atoms with Crippen molar-refractivity contribution in [3.05, 3.63) is 53.6 Å². The molecule has 10 heteroatoms. The number of nitrogens with zero attached hydrogens (tertiary/aromatic N) is 1. The van der Waals surface area contributed by atoms with Crippen LogP contribution in [0.15, 0.2) is 47.6 Å². The van der Waals surface area contributed by atoms with Crippen molar-refractivity contribution < 1.29 is 32.2 Å². The Morgan fingerprint density at radius 1 is 1.07 bits per heavy atom. The first-order valence-electron chi connectivity index (χ1n) is 8.66. The van der Waals surface area contributed by atoms with Gasteiger partial charge in [0.15, 0.2) is 0 Å². The first-order chi connectivity index (χ1) is 14.1. The van der Waals surface area contributed by atoms with Gasteiger partial charge in [0.1, 0.15) is 11.5 Å². The first-order valence-corrected chi connectivity index (χ1v) is 8.66. The zero-order valence-electron chi connectivity index (χ0n) is 16.5. The van der Waals surface area contributed by atoms with Crippen molar-refractivity contribution in [1.82, 2.24) is 5.43 Å². The molecule has 0 heterocycles. The zero-order chi connectivity index (χ0) is 22.3. The SMILES string of the molecule is COc1ccc(C(=O)NN=C(C)CC(=O)Nc2cccc(C(F)(F)F)c2)c(OC)c1. The molecule has 0 fully saturated rings. The van der Waals surface area contributed by atoms with Crippen molar-refractivity contribution >= 4 is 23.2 Å². The van der Waals surface area contributed by atoms with Gasteiger partial charge >= 0.3 is 6.18 Å². The number of halogens is 3. The van der Waals surface area contributed by atoms with E-state index in [2.05, 4.69) is 15.8 Å². The van der Waals surface area contributed by atoms with Gasteiger partial charge in [-0.3, -0.25) is 9.59 Å². The maximum atomic E-state index is 12.7. The number of rotatable bonds is 7. The van der Waals surface area contributed by atoms with Gasteiger partial charge < -0.3 is 14.8 Å². The highest BCUT2D eigenvalue weighted by Gasteiger charge is 2.30. The number of hydrogen-bond donors (Lipinski definition) is 2. The Balaban J connectivity index is 1.98. The van der Waals surface area contributed by atoms with E-state index in [9.17, 15) is 22.8 Å². The van der Waals surface area contributed by atoms with E-state index in [-0.39, 0.29) is 29.1 Å². The third-order valence-electron chi connectivity index (χ3n) is 3.89. The fraction of sp³-hybridized carbons (Fsp3) is 0.250. The Hall–Kier alpha value is -3.56. The minimum atomic E-state index is -4.51. The molecule has 2 aromatic carbocycles. The highest BCUT2D eigenvalue weighted by Crippen LogP contribution is 2.30. The lowest BCUT2D eigenvalue weighted by Crippen LogP contribution is -2.22. The molecule has 2 rings (SSSR count). The van der Waals surface area contributed by atoms with E-state index in [0.29, 0.717) is 5.75 Å². The molecule has 30 heavy (non-hydrogen) atoms. The van der Waals surface area contributed by atoms with Crippen LogP contribution >= 0.6 is 0 Å². The Labute approximate surface area is 170 Å². The number of benzene rings is 2. The van der Waals surface area contributed by atoms with Gasteiger partial charge in [0, 0.05) is 17.5 Å². The minimum absolute atomic E-state index is 0.00892. The topological polar surface area (TPSA) is 89.0 Å². The van der Waals surface area contributed by atoms with Crippen LogP contribution in [-0.4, -0.2) is 31.7 Å². The molecular weight excluding hydrogens is 403 g/mol. The third-order valence-corrected chi connectivity index (χ3v) is 3.89. The zero-order valence-corrected chi connectivity index (χ0v) is 16.5. The second-order valence-electron chi connectivity index (χ2n) is 6.16. The predicted molar refractivity (Wildman–Crippen MR) is 105 cm³/mol. The maximum Gasteiger partial charge on any atom is 0.416 e. The minimum Gasteiger partial charge on any atom is -0.497 e. The van der Waals surface area contributed by atoms with Gasteiger partial charge in [-0.25, -0.2) is 5.43 Å². The summed E-state index contributed by atoms with van der Waals surface area (Å²) in [5.74, 6) is -0.352. The molecule has 0 aliphatic rings. The molecule has 160 valence electrons. The van der Waals surface area contributed by atoms with Gasteiger partial charge in [0.2, 0.25) is 5.91 Å². The summed E-state index contributed by atoms with van der Waals surface area (Å²) in [6.07, 6.45) is -4.73. The normalized spacial score (nSPS) is 11.6. The smallest absolute Gasteiger partial charge is 0.416 e. The van der Waals surface area contributed by atoms with Crippen LogP contribution in [0.25, 0.3) is 0 Å². The third kappa shape index (κ3) is 6.23. The number of carbonyl (C=O) groups excluding carboxylic acids is 2. The standard InChI is InChI=1S/C20H20F3N3O4/c1-12(9-18(27)24-14-6-4-5-13(10-14)20(21,22)23)25-26-19(28)16-8-7-15(29-2)11-17(16)30-3/h4-8,10-11H,9H2,1-3H3,(H,24,27)(H,26,28). The number of hydrogen-bond acceptors (Lipinski definition) is 5. The van der Waals surface area contributed by atoms with Gasteiger partial charge in [-0.15, -0.1) is 0 Å². The molecule has 0 atom stereocenters. The summed E-state index contributed by atoms with van der Waals surface area (Å²) in [5, 5.41) is 6.22. The van der Waals surface area contributed by atoms with Crippen LogP contribution in [0.3, 0.4) is 0 Å². The molecule has 2 N–H and O–H groups in total. The van der Waals surface area contributed by atoms with E-state index in [1.165, 1.54) is 45.4 Å². The lowest BCUT2D eigenvalue weighted by atomic mass is 10.2. The lowest BCUT2D eigenvalue weighted by molar-refractivity contribution is -0.137. The van der Waals surface area contributed by atoms with E-state index in [1.54, 1.807) is 6.07 Å². The van der Waals surface area contributed by atoms with Crippen LogP contribution in [0.2, 0.25) is 0 Å². The molecule has 0 spiro atoms. The second-order valence-corrected chi connectivity index (χ2v) is 6.16. The monoisotopic (exact) mass is 423 g/mol. The highest BCUT2D eigenvalue weighted by atomic mass is 19.4. The number of anilines is 1. The van der Waals surface area contributed by atoms with Crippen LogP contribution in [0.5, 0.6) is 11.5 Å². The second kappa shape index (κ2) is 9.77. The van der Waals surface area contributed by atoms with E-state index in [0.717, 1.165) is 12.1 Å². The lowest BCUT2D eigenvalue weighted by Gasteiger charge is -2.10. The van der Waals surface area contributed by atoms with Gasteiger partial charge in [-0.1, -0.05) is 6.07 Å². The van der Waals surface area contributed by atoms with Crippen LogP contribution in [-0.2, 0) is 11.0 Å².